The number of aldehydes is 1. The van der Waals surface area contributed by atoms with Crippen LogP contribution in [-0.4, -0.2) is 61.7 Å². The highest BCUT2D eigenvalue weighted by atomic mass is 35.5. The molecule has 0 aromatic carbocycles. The van der Waals surface area contributed by atoms with Gasteiger partial charge in [-0.15, -0.1) is 11.6 Å². The minimum atomic E-state index is -4.78. The van der Waals surface area contributed by atoms with Crippen LogP contribution in [0.25, 0.3) is 0 Å². The summed E-state index contributed by atoms with van der Waals surface area (Å²) < 4.78 is 14.1. The van der Waals surface area contributed by atoms with Crippen LogP contribution in [0, 0.1) is 0 Å². The van der Waals surface area contributed by atoms with Crippen molar-refractivity contribution in [3.05, 3.63) is 0 Å². The molecule has 5 N–H and O–H groups in total. The van der Waals surface area contributed by atoms with Gasteiger partial charge in [0.05, 0.1) is 6.61 Å². The SMILES string of the molecule is O=C[C@H](Cl)[C@@H](O)[C@H](O)[C@H](O)COP(=O)(O)O. The fraction of sp³-hybridized carbons (Fsp3) is 0.833. The van der Waals surface area contributed by atoms with E-state index in [1.54, 1.807) is 0 Å². The molecule has 0 aromatic heterocycles. The molecule has 0 aliphatic heterocycles. The van der Waals surface area contributed by atoms with E-state index in [2.05, 4.69) is 4.52 Å². The normalized spacial score (nSPS) is 19.9. The summed E-state index contributed by atoms with van der Waals surface area (Å²) in [5.74, 6) is 0. The molecule has 0 heterocycles. The number of alkyl halides is 1. The van der Waals surface area contributed by atoms with Crippen LogP contribution in [0.1, 0.15) is 0 Å². The Morgan fingerprint density at radius 1 is 1.25 bits per heavy atom. The van der Waals surface area contributed by atoms with Gasteiger partial charge in [0.25, 0.3) is 0 Å². The number of phosphoric ester groups is 1. The van der Waals surface area contributed by atoms with Crippen molar-refractivity contribution in [3.8, 4) is 0 Å². The van der Waals surface area contributed by atoms with Crippen LogP contribution >= 0.6 is 19.4 Å². The number of aliphatic hydroxyl groups is 3. The first-order valence-corrected chi connectivity index (χ1v) is 5.99. The van der Waals surface area contributed by atoms with E-state index in [1.165, 1.54) is 0 Å². The molecule has 4 atom stereocenters. The van der Waals surface area contributed by atoms with Crippen LogP contribution in [0.15, 0.2) is 0 Å². The lowest BCUT2D eigenvalue weighted by Gasteiger charge is -2.23. The molecule has 0 bridgehead atoms. The van der Waals surface area contributed by atoms with Gasteiger partial charge in [0.2, 0.25) is 0 Å². The maximum atomic E-state index is 10.3. The van der Waals surface area contributed by atoms with Gasteiger partial charge >= 0.3 is 7.82 Å². The van der Waals surface area contributed by atoms with Crippen molar-refractivity contribution < 1.29 is 39.0 Å². The molecular formula is C6H12ClO8P. The van der Waals surface area contributed by atoms with Crippen LogP contribution in [-0.2, 0) is 13.9 Å². The van der Waals surface area contributed by atoms with Crippen molar-refractivity contribution in [2.45, 2.75) is 23.7 Å². The zero-order valence-electron chi connectivity index (χ0n) is 7.88. The maximum Gasteiger partial charge on any atom is 0.469 e. The molecule has 0 radical (unpaired) electrons. The van der Waals surface area contributed by atoms with Crippen molar-refractivity contribution in [3.63, 3.8) is 0 Å². The minimum Gasteiger partial charge on any atom is -0.388 e. The van der Waals surface area contributed by atoms with Crippen LogP contribution in [0.4, 0.5) is 0 Å². The Hall–Kier alpha value is -0.0500. The molecule has 0 amide bonds. The average Bonchev–Trinajstić information content (AvgIpc) is 2.21. The summed E-state index contributed by atoms with van der Waals surface area (Å²) in [6.45, 7) is -0.912. The lowest BCUT2D eigenvalue weighted by molar-refractivity contribution is -0.114. The van der Waals surface area contributed by atoms with Gasteiger partial charge in [-0.05, 0) is 0 Å². The second kappa shape index (κ2) is 6.63. The number of hydrogen-bond donors (Lipinski definition) is 5. The van der Waals surface area contributed by atoms with E-state index in [-0.39, 0.29) is 6.29 Å². The summed E-state index contributed by atoms with van der Waals surface area (Å²) in [4.78, 5) is 26.7. The summed E-state index contributed by atoms with van der Waals surface area (Å²) >= 11 is 5.26. The third-order valence-electron chi connectivity index (χ3n) is 1.61. The van der Waals surface area contributed by atoms with Crippen molar-refractivity contribution in [2.24, 2.45) is 0 Å². The lowest BCUT2D eigenvalue weighted by atomic mass is 10.1. The van der Waals surface area contributed by atoms with Crippen LogP contribution in [0.5, 0.6) is 0 Å². The summed E-state index contributed by atoms with van der Waals surface area (Å²) in [5.41, 5.74) is 0. The van der Waals surface area contributed by atoms with Gasteiger partial charge < -0.3 is 29.9 Å². The Labute approximate surface area is 95.7 Å². The van der Waals surface area contributed by atoms with Gasteiger partial charge in [-0.3, -0.25) is 4.52 Å². The van der Waals surface area contributed by atoms with Crippen molar-refractivity contribution in [1.82, 2.24) is 0 Å². The van der Waals surface area contributed by atoms with E-state index in [1.807, 2.05) is 0 Å². The molecule has 10 heteroatoms. The smallest absolute Gasteiger partial charge is 0.388 e. The first-order valence-electron chi connectivity index (χ1n) is 4.02. The Morgan fingerprint density at radius 3 is 2.12 bits per heavy atom. The van der Waals surface area contributed by atoms with Gasteiger partial charge in [-0.2, -0.15) is 0 Å². The first kappa shape index (κ1) is 16.0. The van der Waals surface area contributed by atoms with Crippen LogP contribution in [0.3, 0.4) is 0 Å². The highest BCUT2D eigenvalue weighted by Crippen LogP contribution is 2.35. The van der Waals surface area contributed by atoms with E-state index >= 15 is 0 Å². The number of rotatable bonds is 7. The molecule has 0 saturated heterocycles. The quantitative estimate of drug-likeness (QED) is 0.204. The molecule has 96 valence electrons. The first-order chi connectivity index (χ1) is 7.19. The molecule has 8 nitrogen and oxygen atoms in total. The number of carbonyl (C=O) groups excluding carboxylic acids is 1. The van der Waals surface area contributed by atoms with E-state index in [9.17, 15) is 14.5 Å². The number of aliphatic hydroxyl groups excluding tert-OH is 3. The third kappa shape index (κ3) is 5.88. The molecule has 0 saturated carbocycles. The Morgan fingerprint density at radius 2 is 1.75 bits per heavy atom. The highest BCUT2D eigenvalue weighted by molar-refractivity contribution is 7.46. The maximum absolute atomic E-state index is 10.3. The highest BCUT2D eigenvalue weighted by Gasteiger charge is 2.31. The topological polar surface area (TPSA) is 145 Å². The minimum absolute atomic E-state index is 0.145. The van der Waals surface area contributed by atoms with Gasteiger partial charge in [0, 0.05) is 0 Å². The van der Waals surface area contributed by atoms with E-state index < -0.39 is 38.1 Å². The zero-order valence-corrected chi connectivity index (χ0v) is 9.53. The molecule has 0 aliphatic rings. The number of hydrogen-bond acceptors (Lipinski definition) is 6. The molecular weight excluding hydrogens is 266 g/mol. The van der Waals surface area contributed by atoms with Crippen molar-refractivity contribution in [2.75, 3.05) is 6.61 Å². The molecule has 0 aromatic rings. The second-order valence-corrected chi connectivity index (χ2v) is 4.66. The molecule has 16 heavy (non-hydrogen) atoms. The number of carbonyl (C=O) groups is 1. The summed E-state index contributed by atoms with van der Waals surface area (Å²) in [5, 5.41) is 26.1. The van der Waals surface area contributed by atoms with Crippen LogP contribution in [0.2, 0.25) is 0 Å². The van der Waals surface area contributed by atoms with Crippen molar-refractivity contribution in [1.29, 1.82) is 0 Å². The van der Waals surface area contributed by atoms with Gasteiger partial charge in [0.15, 0.2) is 0 Å². The van der Waals surface area contributed by atoms with Crippen LogP contribution < -0.4 is 0 Å². The Kier molecular flexibility index (Phi) is 6.61. The lowest BCUT2D eigenvalue weighted by Crippen LogP contribution is -2.44. The summed E-state index contributed by atoms with van der Waals surface area (Å²) in [6, 6.07) is 0. The fourth-order valence-electron chi connectivity index (χ4n) is 0.769. The van der Waals surface area contributed by atoms with E-state index in [4.69, 9.17) is 31.6 Å². The Balaban J connectivity index is 4.22. The number of phosphoric acid groups is 1. The van der Waals surface area contributed by atoms with Gasteiger partial charge in [-0.25, -0.2) is 4.57 Å². The fourth-order valence-corrected chi connectivity index (χ4v) is 1.26. The molecule has 0 fully saturated rings. The van der Waals surface area contributed by atoms with Gasteiger partial charge in [0.1, 0.15) is 30.0 Å². The zero-order chi connectivity index (χ0) is 12.9. The van der Waals surface area contributed by atoms with Gasteiger partial charge in [-0.1, -0.05) is 0 Å². The van der Waals surface area contributed by atoms with Crippen molar-refractivity contribution >= 4 is 25.7 Å². The van der Waals surface area contributed by atoms with E-state index in [0.717, 1.165) is 0 Å². The largest absolute Gasteiger partial charge is 0.469 e. The van der Waals surface area contributed by atoms with E-state index in [0.29, 0.717) is 0 Å². The predicted octanol–water partition coefficient (Wildman–Crippen LogP) is -2.02. The monoisotopic (exact) mass is 278 g/mol. The molecule has 0 spiro atoms. The third-order valence-corrected chi connectivity index (χ3v) is 2.46. The standard InChI is InChI=1S/C6H12ClO8P/c7-3(1-8)5(10)6(11)4(9)2-15-16(12,13)14/h1,3-6,9-11H,2H2,(H2,12,13,14)/t3-,4+,5+,6+/m0/s1. The number of halogens is 1. The average molecular weight is 279 g/mol. The second-order valence-electron chi connectivity index (χ2n) is 2.92. The molecule has 0 aliphatic carbocycles. The summed E-state index contributed by atoms with van der Waals surface area (Å²) in [6.07, 6.45) is -5.27. The Bertz CT molecular complexity index is 267. The molecule has 0 unspecified atom stereocenters. The summed E-state index contributed by atoms with van der Waals surface area (Å²) in [7, 11) is -4.78. The molecule has 0 rings (SSSR count). The predicted molar refractivity (Wildman–Crippen MR) is 51.7 cm³/mol.